The predicted molar refractivity (Wildman–Crippen MR) is 58.1 cm³/mol. The molecular formula is C11H14FN3. The van der Waals surface area contributed by atoms with Gasteiger partial charge in [0.25, 0.3) is 0 Å². The van der Waals surface area contributed by atoms with E-state index in [1.54, 1.807) is 13.1 Å². The van der Waals surface area contributed by atoms with E-state index in [2.05, 4.69) is 11.4 Å². The normalized spacial score (nSPS) is 11.9. The van der Waals surface area contributed by atoms with E-state index >= 15 is 0 Å². The fraction of sp³-hybridized carbons (Fsp3) is 0.364. The minimum Gasteiger partial charge on any atom is -0.372 e. The first-order valence-corrected chi connectivity index (χ1v) is 4.71. The summed E-state index contributed by atoms with van der Waals surface area (Å²) in [6, 6.07) is 8.18. The van der Waals surface area contributed by atoms with Crippen LogP contribution in [0.25, 0.3) is 0 Å². The zero-order valence-corrected chi connectivity index (χ0v) is 8.87. The number of hydrogen-bond acceptors (Lipinski definition) is 3. The molecule has 0 bridgehead atoms. The molecule has 3 nitrogen and oxygen atoms in total. The molecule has 0 aliphatic rings. The number of likely N-dealkylation sites (N-methyl/N-ethyl adjacent to an activating group) is 2. The minimum absolute atomic E-state index is 0.252. The van der Waals surface area contributed by atoms with Gasteiger partial charge in [0.1, 0.15) is 11.9 Å². The number of rotatable bonds is 4. The molecule has 0 radical (unpaired) electrons. The van der Waals surface area contributed by atoms with Crippen LogP contribution in [0.4, 0.5) is 10.1 Å². The van der Waals surface area contributed by atoms with Gasteiger partial charge in [0.2, 0.25) is 0 Å². The van der Waals surface area contributed by atoms with E-state index in [-0.39, 0.29) is 11.9 Å². The minimum atomic E-state index is -0.266. The Bertz CT molecular complexity index is 359. The Labute approximate surface area is 89.1 Å². The van der Waals surface area contributed by atoms with Crippen molar-refractivity contribution in [1.29, 1.82) is 5.26 Å². The van der Waals surface area contributed by atoms with Gasteiger partial charge in [0.15, 0.2) is 0 Å². The molecule has 0 spiro atoms. The van der Waals surface area contributed by atoms with Crippen LogP contribution in [0.3, 0.4) is 0 Å². The molecule has 1 aromatic rings. The molecule has 80 valence electrons. The summed E-state index contributed by atoms with van der Waals surface area (Å²) in [5, 5.41) is 11.6. The maximum absolute atomic E-state index is 12.9. The largest absolute Gasteiger partial charge is 0.372 e. The number of anilines is 1. The highest BCUT2D eigenvalue weighted by atomic mass is 19.1. The molecule has 4 heteroatoms. The Morgan fingerprint density at radius 2 is 2.33 bits per heavy atom. The van der Waals surface area contributed by atoms with Gasteiger partial charge >= 0.3 is 0 Å². The van der Waals surface area contributed by atoms with Crippen LogP contribution >= 0.6 is 0 Å². The number of nitrogens with zero attached hydrogens (tertiary/aromatic N) is 2. The van der Waals surface area contributed by atoms with E-state index in [4.69, 9.17) is 5.26 Å². The van der Waals surface area contributed by atoms with Crippen molar-refractivity contribution >= 4 is 5.69 Å². The summed E-state index contributed by atoms with van der Waals surface area (Å²) in [6.07, 6.45) is 0. The molecule has 1 rings (SSSR count). The van der Waals surface area contributed by atoms with Gasteiger partial charge in [-0.2, -0.15) is 5.26 Å². The smallest absolute Gasteiger partial charge is 0.125 e. The Kier molecular flexibility index (Phi) is 4.07. The molecule has 0 amide bonds. The lowest BCUT2D eigenvalue weighted by Gasteiger charge is -2.21. The third-order valence-corrected chi connectivity index (χ3v) is 2.21. The second kappa shape index (κ2) is 5.32. The molecule has 0 aliphatic heterocycles. The highest BCUT2D eigenvalue weighted by Gasteiger charge is 2.08. The number of benzene rings is 1. The van der Waals surface area contributed by atoms with Crippen LogP contribution in [0.2, 0.25) is 0 Å². The van der Waals surface area contributed by atoms with Crippen molar-refractivity contribution in [2.24, 2.45) is 0 Å². The molecule has 1 unspecified atom stereocenters. The second-order valence-corrected chi connectivity index (χ2v) is 3.33. The molecule has 0 saturated heterocycles. The summed E-state index contributed by atoms with van der Waals surface area (Å²) >= 11 is 0. The van der Waals surface area contributed by atoms with Crippen molar-refractivity contribution in [1.82, 2.24) is 5.32 Å². The van der Waals surface area contributed by atoms with Crippen LogP contribution < -0.4 is 10.2 Å². The molecular weight excluding hydrogens is 193 g/mol. The third-order valence-electron chi connectivity index (χ3n) is 2.21. The zero-order chi connectivity index (χ0) is 11.3. The summed E-state index contributed by atoms with van der Waals surface area (Å²) in [5.74, 6) is -0.266. The van der Waals surface area contributed by atoms with Crippen LogP contribution in [0.1, 0.15) is 0 Å². The summed E-state index contributed by atoms with van der Waals surface area (Å²) in [5.41, 5.74) is 0.769. The van der Waals surface area contributed by atoms with Crippen LogP contribution in [0.5, 0.6) is 0 Å². The fourth-order valence-electron chi connectivity index (χ4n) is 1.29. The van der Waals surface area contributed by atoms with E-state index < -0.39 is 0 Å². The van der Waals surface area contributed by atoms with Gasteiger partial charge < -0.3 is 10.2 Å². The van der Waals surface area contributed by atoms with Crippen molar-refractivity contribution in [2.45, 2.75) is 6.04 Å². The van der Waals surface area contributed by atoms with E-state index in [1.165, 1.54) is 12.1 Å². The van der Waals surface area contributed by atoms with Gasteiger partial charge in [0.05, 0.1) is 6.07 Å². The van der Waals surface area contributed by atoms with E-state index in [0.717, 1.165) is 5.69 Å². The van der Waals surface area contributed by atoms with Crippen molar-refractivity contribution < 1.29 is 4.39 Å². The zero-order valence-electron chi connectivity index (χ0n) is 8.87. The SMILES string of the molecule is CNC(C#N)CN(C)c1cccc(F)c1. The van der Waals surface area contributed by atoms with Crippen molar-refractivity contribution in [3.05, 3.63) is 30.1 Å². The van der Waals surface area contributed by atoms with Gasteiger partial charge in [-0.3, -0.25) is 0 Å². The lowest BCUT2D eigenvalue weighted by Crippen LogP contribution is -2.36. The van der Waals surface area contributed by atoms with Crippen molar-refractivity contribution in [2.75, 3.05) is 25.5 Å². The fourth-order valence-corrected chi connectivity index (χ4v) is 1.29. The van der Waals surface area contributed by atoms with Gasteiger partial charge in [-0.15, -0.1) is 0 Å². The lowest BCUT2D eigenvalue weighted by molar-refractivity contribution is 0.624. The van der Waals surface area contributed by atoms with Crippen molar-refractivity contribution in [3.8, 4) is 6.07 Å². The molecule has 0 aliphatic carbocycles. The summed E-state index contributed by atoms with van der Waals surface area (Å²) < 4.78 is 12.9. The average Bonchev–Trinajstić information content (AvgIpc) is 2.25. The topological polar surface area (TPSA) is 39.1 Å². The number of nitriles is 1. The highest BCUT2D eigenvalue weighted by molar-refractivity contribution is 5.45. The predicted octanol–water partition coefficient (Wildman–Crippen LogP) is 1.37. The molecule has 0 saturated carbocycles. The summed E-state index contributed by atoms with van der Waals surface area (Å²) in [4.78, 5) is 1.84. The molecule has 1 aromatic carbocycles. The number of hydrogen-bond donors (Lipinski definition) is 1. The number of halogens is 1. The maximum Gasteiger partial charge on any atom is 0.125 e. The third kappa shape index (κ3) is 3.22. The maximum atomic E-state index is 12.9. The first kappa shape index (κ1) is 11.5. The molecule has 1 atom stereocenters. The van der Waals surface area contributed by atoms with Crippen LogP contribution in [-0.2, 0) is 0 Å². The van der Waals surface area contributed by atoms with E-state index in [0.29, 0.717) is 6.54 Å². The van der Waals surface area contributed by atoms with E-state index in [9.17, 15) is 4.39 Å². The van der Waals surface area contributed by atoms with Gasteiger partial charge in [-0.1, -0.05) is 6.07 Å². The Morgan fingerprint density at radius 3 is 2.87 bits per heavy atom. The van der Waals surface area contributed by atoms with Crippen LogP contribution in [0, 0.1) is 17.1 Å². The molecule has 1 N–H and O–H groups in total. The van der Waals surface area contributed by atoms with E-state index in [1.807, 2.05) is 18.0 Å². The Hall–Kier alpha value is -1.60. The monoisotopic (exact) mass is 207 g/mol. The van der Waals surface area contributed by atoms with Crippen molar-refractivity contribution in [3.63, 3.8) is 0 Å². The summed E-state index contributed by atoms with van der Waals surface area (Å²) in [6.45, 7) is 0.524. The second-order valence-electron chi connectivity index (χ2n) is 3.33. The first-order valence-electron chi connectivity index (χ1n) is 4.71. The first-order chi connectivity index (χ1) is 7.17. The molecule has 0 fully saturated rings. The van der Waals surface area contributed by atoms with Crippen LogP contribution in [-0.4, -0.2) is 26.7 Å². The van der Waals surface area contributed by atoms with Gasteiger partial charge in [0, 0.05) is 19.3 Å². The Balaban J connectivity index is 2.69. The van der Waals surface area contributed by atoms with Gasteiger partial charge in [-0.05, 0) is 25.2 Å². The molecule has 0 aromatic heterocycles. The standard InChI is InChI=1S/C11H14FN3/c1-14-10(7-13)8-15(2)11-5-3-4-9(12)6-11/h3-6,10,14H,8H2,1-2H3. The van der Waals surface area contributed by atoms with Gasteiger partial charge in [-0.25, -0.2) is 4.39 Å². The highest BCUT2D eigenvalue weighted by Crippen LogP contribution is 2.13. The average molecular weight is 207 g/mol. The lowest BCUT2D eigenvalue weighted by atomic mass is 10.2. The molecule has 0 heterocycles. The quantitative estimate of drug-likeness (QED) is 0.810. The Morgan fingerprint density at radius 1 is 1.60 bits per heavy atom. The van der Waals surface area contributed by atoms with Crippen LogP contribution in [0.15, 0.2) is 24.3 Å². The number of nitrogens with one attached hydrogen (secondary N) is 1. The molecule has 15 heavy (non-hydrogen) atoms. The summed E-state index contributed by atoms with van der Waals surface area (Å²) in [7, 11) is 3.56.